The second-order valence-electron chi connectivity index (χ2n) is 8.32. The van der Waals surface area contributed by atoms with E-state index in [1.165, 1.54) is 4.90 Å². The van der Waals surface area contributed by atoms with Crippen LogP contribution >= 0.6 is 0 Å². The van der Waals surface area contributed by atoms with E-state index in [9.17, 15) is 14.4 Å². The van der Waals surface area contributed by atoms with Crippen molar-refractivity contribution in [3.63, 3.8) is 0 Å². The van der Waals surface area contributed by atoms with Crippen LogP contribution in [0.15, 0.2) is 48.8 Å². The van der Waals surface area contributed by atoms with Crippen molar-refractivity contribution >= 4 is 23.7 Å². The second kappa shape index (κ2) is 9.95. The van der Waals surface area contributed by atoms with Gasteiger partial charge in [0.05, 0.1) is 0 Å². The van der Waals surface area contributed by atoms with Gasteiger partial charge >= 0.3 is 0 Å². The van der Waals surface area contributed by atoms with E-state index in [1.807, 2.05) is 35.2 Å². The molecule has 2 aliphatic heterocycles. The highest BCUT2D eigenvalue weighted by molar-refractivity contribution is 5.97. The number of amides is 3. The lowest BCUT2D eigenvalue weighted by Gasteiger charge is -2.34. The summed E-state index contributed by atoms with van der Waals surface area (Å²) in [7, 11) is 3.29. The summed E-state index contributed by atoms with van der Waals surface area (Å²) in [5, 5.41) is 2.77. The Labute approximate surface area is 192 Å². The van der Waals surface area contributed by atoms with E-state index in [4.69, 9.17) is 4.74 Å². The van der Waals surface area contributed by atoms with Crippen molar-refractivity contribution in [2.75, 3.05) is 45.2 Å². The van der Waals surface area contributed by atoms with Crippen LogP contribution in [-0.4, -0.2) is 96.0 Å². The number of carbonyl (C=O) groups is 3. The van der Waals surface area contributed by atoms with Gasteiger partial charge in [0.2, 0.25) is 11.9 Å². The summed E-state index contributed by atoms with van der Waals surface area (Å²) in [4.78, 5) is 51.9. The molecule has 10 heteroatoms. The molecule has 2 aromatic rings. The fourth-order valence-corrected chi connectivity index (χ4v) is 3.88. The number of hydrogen-bond acceptors (Lipinski definition) is 7. The van der Waals surface area contributed by atoms with Gasteiger partial charge in [-0.2, -0.15) is 0 Å². The maximum Gasteiger partial charge on any atom is 0.255 e. The summed E-state index contributed by atoms with van der Waals surface area (Å²) >= 11 is 0. The first-order chi connectivity index (χ1) is 15.9. The Bertz CT molecular complexity index is 979. The third kappa shape index (κ3) is 5.46. The van der Waals surface area contributed by atoms with Crippen LogP contribution < -0.4 is 10.2 Å². The minimum atomic E-state index is -0.874. The molecule has 1 aromatic carbocycles. The summed E-state index contributed by atoms with van der Waals surface area (Å²) in [6.45, 7) is 2.22. The maximum atomic E-state index is 12.8. The highest BCUT2D eigenvalue weighted by atomic mass is 16.6. The second-order valence-corrected chi connectivity index (χ2v) is 8.32. The molecule has 0 saturated carbocycles. The minimum Gasteiger partial charge on any atom is -0.349 e. The molecule has 2 saturated heterocycles. The third-order valence-corrected chi connectivity index (χ3v) is 5.76. The van der Waals surface area contributed by atoms with Gasteiger partial charge in [-0.25, -0.2) is 9.97 Å². The maximum absolute atomic E-state index is 12.8. The highest BCUT2D eigenvalue weighted by Gasteiger charge is 2.52. The summed E-state index contributed by atoms with van der Waals surface area (Å²) < 4.78 is 5.43. The van der Waals surface area contributed by atoms with Crippen LogP contribution in [0.4, 0.5) is 5.95 Å². The van der Waals surface area contributed by atoms with Crippen molar-refractivity contribution < 1.29 is 19.1 Å². The molecule has 3 heterocycles. The predicted octanol–water partition coefficient (Wildman–Crippen LogP) is -0.292. The van der Waals surface area contributed by atoms with Gasteiger partial charge in [0, 0.05) is 59.1 Å². The Kier molecular flexibility index (Phi) is 6.83. The zero-order valence-electron chi connectivity index (χ0n) is 18.8. The number of piperazine rings is 1. The van der Waals surface area contributed by atoms with Crippen molar-refractivity contribution in [1.82, 2.24) is 25.1 Å². The highest BCUT2D eigenvalue weighted by Crippen LogP contribution is 2.26. The number of rotatable bonds is 7. The Morgan fingerprint density at radius 2 is 1.70 bits per heavy atom. The topological polar surface area (TPSA) is 111 Å². The molecule has 33 heavy (non-hydrogen) atoms. The number of ether oxygens (including phenoxy) is 1. The SMILES string of the molecule is CN(C)C(=O)[C@H](Cc1ccccc1)NC(=O)C1OC1C(=O)N1CCN(c2ncccn2)CC1. The number of nitrogens with zero attached hydrogens (tertiary/aromatic N) is 5. The quantitative estimate of drug-likeness (QED) is 0.575. The average molecular weight is 453 g/mol. The fourth-order valence-electron chi connectivity index (χ4n) is 3.88. The van der Waals surface area contributed by atoms with Gasteiger partial charge in [-0.05, 0) is 11.6 Å². The zero-order chi connectivity index (χ0) is 23.4. The zero-order valence-corrected chi connectivity index (χ0v) is 18.8. The largest absolute Gasteiger partial charge is 0.349 e. The molecule has 0 bridgehead atoms. The molecule has 0 aliphatic carbocycles. The number of benzene rings is 1. The van der Waals surface area contributed by atoms with Crippen molar-refractivity contribution in [2.45, 2.75) is 24.7 Å². The number of aromatic nitrogens is 2. The van der Waals surface area contributed by atoms with Crippen LogP contribution in [0.3, 0.4) is 0 Å². The molecule has 1 N–H and O–H groups in total. The van der Waals surface area contributed by atoms with Crippen LogP contribution in [0.1, 0.15) is 5.56 Å². The number of likely N-dealkylation sites (N-methyl/N-ethyl adjacent to an activating group) is 1. The van der Waals surface area contributed by atoms with Crippen LogP contribution in [-0.2, 0) is 25.5 Å². The fraction of sp³-hybridized carbons (Fsp3) is 0.435. The lowest BCUT2D eigenvalue weighted by molar-refractivity contribution is -0.134. The third-order valence-electron chi connectivity index (χ3n) is 5.76. The molecule has 3 amide bonds. The average Bonchev–Trinajstić information content (AvgIpc) is 3.65. The van der Waals surface area contributed by atoms with E-state index in [0.29, 0.717) is 38.5 Å². The first-order valence-corrected chi connectivity index (χ1v) is 11.0. The molecule has 2 fully saturated rings. The molecular weight excluding hydrogens is 424 g/mol. The van der Waals surface area contributed by atoms with E-state index >= 15 is 0 Å². The molecule has 0 spiro atoms. The van der Waals surface area contributed by atoms with E-state index in [1.54, 1.807) is 37.5 Å². The summed E-state index contributed by atoms with van der Waals surface area (Å²) in [5.41, 5.74) is 0.933. The predicted molar refractivity (Wildman–Crippen MR) is 120 cm³/mol. The minimum absolute atomic E-state index is 0.206. The van der Waals surface area contributed by atoms with Gasteiger partial charge in [0.25, 0.3) is 11.8 Å². The van der Waals surface area contributed by atoms with Gasteiger partial charge in [-0.15, -0.1) is 0 Å². The lowest BCUT2D eigenvalue weighted by Crippen LogP contribution is -2.52. The van der Waals surface area contributed by atoms with Gasteiger partial charge in [0.1, 0.15) is 6.04 Å². The molecule has 174 valence electrons. The first kappa shape index (κ1) is 22.7. The van der Waals surface area contributed by atoms with E-state index in [2.05, 4.69) is 15.3 Å². The van der Waals surface area contributed by atoms with Gasteiger partial charge < -0.3 is 24.8 Å². The molecular formula is C23H28N6O4. The monoisotopic (exact) mass is 452 g/mol. The van der Waals surface area contributed by atoms with Crippen LogP contribution in [0.2, 0.25) is 0 Å². The number of hydrogen-bond donors (Lipinski definition) is 1. The Hall–Kier alpha value is -3.53. The molecule has 10 nitrogen and oxygen atoms in total. The summed E-state index contributed by atoms with van der Waals surface area (Å²) in [5.74, 6) is -0.224. The Balaban J connectivity index is 1.30. The Morgan fingerprint density at radius 1 is 1.03 bits per heavy atom. The standard InChI is InChI=1S/C23H28N6O4/c1-27(2)21(31)17(15-16-7-4-3-5-8-16)26-20(30)18-19(33-18)22(32)28-11-13-29(14-12-28)23-24-9-6-10-25-23/h3-10,17-19H,11-15H2,1-2H3,(H,26,30)/t17-,18?,19?/m0/s1. The van der Waals surface area contributed by atoms with Crippen molar-refractivity contribution in [3.8, 4) is 0 Å². The van der Waals surface area contributed by atoms with Crippen molar-refractivity contribution in [1.29, 1.82) is 0 Å². The molecule has 2 aliphatic rings. The number of nitrogens with one attached hydrogen (secondary N) is 1. The van der Waals surface area contributed by atoms with Crippen LogP contribution in [0.25, 0.3) is 0 Å². The summed E-state index contributed by atoms with van der Waals surface area (Å²) in [6, 6.07) is 10.5. The van der Waals surface area contributed by atoms with Gasteiger partial charge in [-0.3, -0.25) is 14.4 Å². The van der Waals surface area contributed by atoms with Gasteiger partial charge in [-0.1, -0.05) is 30.3 Å². The molecule has 1 aromatic heterocycles. The van der Waals surface area contributed by atoms with Crippen molar-refractivity contribution in [2.24, 2.45) is 0 Å². The molecule has 0 radical (unpaired) electrons. The normalized spacial score (nSPS) is 20.7. The number of carbonyl (C=O) groups excluding carboxylic acids is 3. The number of epoxide rings is 1. The molecule has 2 unspecified atom stereocenters. The summed E-state index contributed by atoms with van der Waals surface area (Å²) in [6.07, 6.45) is 2.05. The Morgan fingerprint density at radius 3 is 2.33 bits per heavy atom. The smallest absolute Gasteiger partial charge is 0.255 e. The first-order valence-electron chi connectivity index (χ1n) is 11.0. The van der Waals surface area contributed by atoms with Gasteiger partial charge in [0.15, 0.2) is 12.2 Å². The molecule has 4 rings (SSSR count). The lowest BCUT2D eigenvalue weighted by atomic mass is 10.0. The van der Waals surface area contributed by atoms with E-state index < -0.39 is 24.2 Å². The van der Waals surface area contributed by atoms with Crippen LogP contribution in [0, 0.1) is 0 Å². The van der Waals surface area contributed by atoms with Crippen LogP contribution in [0.5, 0.6) is 0 Å². The number of anilines is 1. The molecule has 3 atom stereocenters. The van der Waals surface area contributed by atoms with Crippen molar-refractivity contribution in [3.05, 3.63) is 54.4 Å². The van der Waals surface area contributed by atoms with E-state index in [0.717, 1.165) is 5.56 Å². The van der Waals surface area contributed by atoms with E-state index in [-0.39, 0.29) is 11.8 Å².